The summed E-state index contributed by atoms with van der Waals surface area (Å²) < 4.78 is 5.58. The molecule has 0 radical (unpaired) electrons. The first-order valence-corrected chi connectivity index (χ1v) is 5.55. The van der Waals surface area contributed by atoms with Crippen LogP contribution in [0, 0.1) is 12.3 Å². The average Bonchev–Trinajstić information content (AvgIpc) is 2.31. The molecule has 3 heteroatoms. The molecule has 0 saturated heterocycles. The number of aryl methyl sites for hydroxylation is 1. The van der Waals surface area contributed by atoms with Crippen molar-refractivity contribution in [2.24, 2.45) is 0 Å². The van der Waals surface area contributed by atoms with E-state index in [4.69, 9.17) is 10.1 Å². The van der Waals surface area contributed by atoms with Crippen LogP contribution in [0.3, 0.4) is 0 Å². The number of pyridine rings is 1. The van der Waals surface area contributed by atoms with Crippen molar-refractivity contribution >= 4 is 5.71 Å². The van der Waals surface area contributed by atoms with E-state index in [9.17, 15) is 0 Å². The van der Waals surface area contributed by atoms with Crippen molar-refractivity contribution in [3.8, 4) is 0 Å². The molecule has 0 aromatic carbocycles. The fraction of sp³-hybridized carbons (Fsp3) is 0.286. The number of ether oxygens (including phenoxy) is 1. The Morgan fingerprint density at radius 3 is 2.71 bits per heavy atom. The monoisotopic (exact) mass is 230 g/mol. The van der Waals surface area contributed by atoms with Gasteiger partial charge in [0.1, 0.15) is 12.4 Å². The summed E-state index contributed by atoms with van der Waals surface area (Å²) in [6, 6.07) is 3.97. The highest BCUT2D eigenvalue weighted by Gasteiger charge is 1.96. The Bertz CT molecular complexity index is 430. The molecule has 0 unspecified atom stereocenters. The van der Waals surface area contributed by atoms with Crippen molar-refractivity contribution in [1.29, 1.82) is 5.41 Å². The van der Waals surface area contributed by atoms with Gasteiger partial charge in [-0.3, -0.25) is 4.98 Å². The second-order valence-corrected chi connectivity index (χ2v) is 3.82. The molecular formula is C14H18N2O. The number of nitrogens with zero attached hydrogens (tertiary/aromatic N) is 1. The quantitative estimate of drug-likeness (QED) is 0.478. The molecule has 0 amide bonds. The fourth-order valence-electron chi connectivity index (χ4n) is 1.18. The lowest BCUT2D eigenvalue weighted by atomic mass is 10.3. The molecule has 1 heterocycles. The molecular weight excluding hydrogens is 212 g/mol. The Kier molecular flexibility index (Phi) is 5.14. The Morgan fingerprint density at radius 2 is 2.18 bits per heavy atom. The highest BCUT2D eigenvalue weighted by atomic mass is 16.5. The van der Waals surface area contributed by atoms with E-state index in [1.54, 1.807) is 19.1 Å². The van der Waals surface area contributed by atoms with Crippen molar-refractivity contribution in [3.63, 3.8) is 0 Å². The molecule has 0 aliphatic carbocycles. The van der Waals surface area contributed by atoms with Gasteiger partial charge in [-0.25, -0.2) is 0 Å². The van der Waals surface area contributed by atoms with Crippen LogP contribution in [0.1, 0.15) is 25.1 Å². The van der Waals surface area contributed by atoms with Gasteiger partial charge in [0.15, 0.2) is 0 Å². The highest BCUT2D eigenvalue weighted by Crippen LogP contribution is 2.06. The summed E-state index contributed by atoms with van der Waals surface area (Å²) in [6.07, 6.45) is 7.19. The lowest BCUT2D eigenvalue weighted by Crippen LogP contribution is -1.95. The molecule has 0 spiro atoms. The summed E-state index contributed by atoms with van der Waals surface area (Å²) in [5, 5.41) is 7.30. The molecule has 90 valence electrons. The van der Waals surface area contributed by atoms with Gasteiger partial charge >= 0.3 is 0 Å². The van der Waals surface area contributed by atoms with E-state index in [0.29, 0.717) is 12.3 Å². The summed E-state index contributed by atoms with van der Waals surface area (Å²) in [6.45, 7) is 6.08. The van der Waals surface area contributed by atoms with Crippen molar-refractivity contribution < 1.29 is 4.74 Å². The van der Waals surface area contributed by atoms with Crippen LogP contribution < -0.4 is 0 Å². The van der Waals surface area contributed by atoms with Gasteiger partial charge in [-0.1, -0.05) is 6.07 Å². The van der Waals surface area contributed by atoms with E-state index in [2.05, 4.69) is 4.98 Å². The Morgan fingerprint density at radius 1 is 1.41 bits per heavy atom. The van der Waals surface area contributed by atoms with Gasteiger partial charge in [-0.15, -0.1) is 0 Å². The average molecular weight is 230 g/mol. The van der Waals surface area contributed by atoms with Crippen molar-refractivity contribution in [2.75, 3.05) is 0 Å². The van der Waals surface area contributed by atoms with Crippen LogP contribution in [0.2, 0.25) is 0 Å². The lowest BCUT2D eigenvalue weighted by molar-refractivity contribution is 0.207. The fourth-order valence-corrected chi connectivity index (χ4v) is 1.18. The number of hydrogen-bond donors (Lipinski definition) is 1. The number of allylic oxidation sites excluding steroid dienone is 3. The third kappa shape index (κ3) is 5.11. The Balaban J connectivity index is 2.54. The van der Waals surface area contributed by atoms with Crippen LogP contribution in [0.4, 0.5) is 0 Å². The Hall–Kier alpha value is -1.90. The predicted octanol–water partition coefficient (Wildman–Crippen LogP) is 3.41. The third-order valence-electron chi connectivity index (χ3n) is 2.14. The molecule has 1 aromatic rings. The second kappa shape index (κ2) is 6.63. The predicted molar refractivity (Wildman–Crippen MR) is 70.1 cm³/mol. The largest absolute Gasteiger partial charge is 0.488 e. The van der Waals surface area contributed by atoms with Crippen LogP contribution >= 0.6 is 0 Å². The van der Waals surface area contributed by atoms with Crippen molar-refractivity contribution in [1.82, 2.24) is 4.98 Å². The topological polar surface area (TPSA) is 46.0 Å². The zero-order valence-corrected chi connectivity index (χ0v) is 10.5. The van der Waals surface area contributed by atoms with Crippen LogP contribution in [0.25, 0.3) is 0 Å². The summed E-state index contributed by atoms with van der Waals surface area (Å²) in [5.74, 6) is 0.749. The summed E-state index contributed by atoms with van der Waals surface area (Å²) in [5.41, 5.74) is 2.54. The van der Waals surface area contributed by atoms with Gasteiger partial charge in [0.05, 0.1) is 5.69 Å². The minimum Gasteiger partial charge on any atom is -0.488 e. The second-order valence-electron chi connectivity index (χ2n) is 3.82. The van der Waals surface area contributed by atoms with E-state index >= 15 is 0 Å². The van der Waals surface area contributed by atoms with E-state index < -0.39 is 0 Å². The molecule has 0 aliphatic rings. The van der Waals surface area contributed by atoms with E-state index in [0.717, 1.165) is 17.0 Å². The van der Waals surface area contributed by atoms with Gasteiger partial charge in [0.2, 0.25) is 0 Å². The first kappa shape index (κ1) is 13.2. The number of aromatic nitrogens is 1. The van der Waals surface area contributed by atoms with Crippen LogP contribution in [-0.4, -0.2) is 10.7 Å². The van der Waals surface area contributed by atoms with E-state index in [-0.39, 0.29) is 0 Å². The normalized spacial score (nSPS) is 11.8. The summed E-state index contributed by atoms with van der Waals surface area (Å²) >= 11 is 0. The van der Waals surface area contributed by atoms with Crippen molar-refractivity contribution in [3.05, 3.63) is 53.6 Å². The minimum absolute atomic E-state index is 0.446. The molecule has 0 bridgehead atoms. The van der Waals surface area contributed by atoms with Gasteiger partial charge < -0.3 is 10.1 Å². The molecule has 1 rings (SSSR count). The zero-order chi connectivity index (χ0) is 12.7. The maximum atomic E-state index is 7.30. The van der Waals surface area contributed by atoms with Gasteiger partial charge in [-0.2, -0.15) is 0 Å². The van der Waals surface area contributed by atoms with Crippen LogP contribution in [0.15, 0.2) is 42.3 Å². The van der Waals surface area contributed by atoms with Gasteiger partial charge in [0.25, 0.3) is 0 Å². The number of hydrogen-bond acceptors (Lipinski definition) is 3. The molecule has 0 aliphatic heterocycles. The highest BCUT2D eigenvalue weighted by molar-refractivity contribution is 5.90. The SMILES string of the molecule is CC=C(/C=C\C(C)=N)OCc1ccc(C)cn1. The Labute approximate surface area is 102 Å². The van der Waals surface area contributed by atoms with Crippen molar-refractivity contribution in [2.45, 2.75) is 27.4 Å². The molecule has 3 nitrogen and oxygen atoms in total. The number of rotatable bonds is 5. The standard InChI is InChI=1S/C14H18N2O/c1-4-14(8-6-12(3)15)17-10-13-7-5-11(2)9-16-13/h4-9,15H,10H2,1-3H3/b8-6-,14-4?,15-12?. The van der Waals surface area contributed by atoms with Gasteiger partial charge in [-0.05, 0) is 50.6 Å². The molecule has 0 fully saturated rings. The number of nitrogens with one attached hydrogen (secondary N) is 1. The van der Waals surface area contributed by atoms with Gasteiger partial charge in [0, 0.05) is 11.9 Å². The minimum atomic E-state index is 0.446. The zero-order valence-electron chi connectivity index (χ0n) is 10.5. The van der Waals surface area contributed by atoms with E-state index in [1.807, 2.05) is 38.3 Å². The van der Waals surface area contributed by atoms with E-state index in [1.165, 1.54) is 0 Å². The maximum Gasteiger partial charge on any atom is 0.130 e. The third-order valence-corrected chi connectivity index (χ3v) is 2.14. The van der Waals surface area contributed by atoms with Crippen LogP contribution in [0.5, 0.6) is 0 Å². The first-order valence-electron chi connectivity index (χ1n) is 5.55. The molecule has 1 aromatic heterocycles. The lowest BCUT2D eigenvalue weighted by Gasteiger charge is -2.06. The summed E-state index contributed by atoms with van der Waals surface area (Å²) in [4.78, 5) is 4.26. The maximum absolute atomic E-state index is 7.30. The smallest absolute Gasteiger partial charge is 0.130 e. The molecule has 0 atom stereocenters. The first-order chi connectivity index (χ1) is 8.11. The summed E-state index contributed by atoms with van der Waals surface area (Å²) in [7, 11) is 0. The molecule has 0 saturated carbocycles. The van der Waals surface area contributed by atoms with Crippen LogP contribution in [-0.2, 0) is 11.3 Å². The molecule has 17 heavy (non-hydrogen) atoms. The molecule has 1 N–H and O–H groups in total.